The molecule has 0 aliphatic carbocycles. The molecular weight excluding hydrogens is 178 g/mol. The van der Waals surface area contributed by atoms with Crippen LogP contribution in [0.15, 0.2) is 0 Å². The van der Waals surface area contributed by atoms with Crippen LogP contribution in [0.2, 0.25) is 0 Å². The Bertz CT molecular complexity index is 180. The fraction of sp³-hybridized carbons (Fsp3) is 0.900. The van der Waals surface area contributed by atoms with E-state index in [-0.39, 0.29) is 5.91 Å². The first-order valence-corrected chi connectivity index (χ1v) is 5.19. The van der Waals surface area contributed by atoms with Gasteiger partial charge in [-0.15, -0.1) is 0 Å². The van der Waals surface area contributed by atoms with Gasteiger partial charge in [-0.25, -0.2) is 0 Å². The number of nitrogens with one attached hydrogen (secondary N) is 1. The van der Waals surface area contributed by atoms with Gasteiger partial charge in [-0.1, -0.05) is 13.8 Å². The first kappa shape index (κ1) is 13.4. The van der Waals surface area contributed by atoms with Crippen molar-refractivity contribution in [2.45, 2.75) is 32.7 Å². The molecule has 84 valence electrons. The summed E-state index contributed by atoms with van der Waals surface area (Å²) < 4.78 is 0. The molecular formula is C10H23N3O. The lowest BCUT2D eigenvalue weighted by Crippen LogP contribution is -2.52. The van der Waals surface area contributed by atoms with Crippen LogP contribution in [0.25, 0.3) is 0 Å². The molecule has 0 bridgehead atoms. The number of carbonyl (C=O) groups excluding carboxylic acids is 1. The van der Waals surface area contributed by atoms with Gasteiger partial charge in [0.15, 0.2) is 0 Å². The molecule has 14 heavy (non-hydrogen) atoms. The van der Waals surface area contributed by atoms with Crippen molar-refractivity contribution in [3.05, 3.63) is 0 Å². The molecule has 0 aromatic heterocycles. The minimum atomic E-state index is -0.731. The average molecular weight is 201 g/mol. The Morgan fingerprint density at radius 1 is 1.50 bits per heavy atom. The number of amides is 1. The molecule has 0 spiro atoms. The van der Waals surface area contributed by atoms with E-state index in [1.54, 1.807) is 6.92 Å². The third-order valence-corrected chi connectivity index (χ3v) is 2.57. The topological polar surface area (TPSA) is 58.4 Å². The molecule has 0 rings (SSSR count). The monoisotopic (exact) mass is 201 g/mol. The van der Waals surface area contributed by atoms with Crippen LogP contribution in [-0.2, 0) is 4.79 Å². The van der Waals surface area contributed by atoms with Gasteiger partial charge >= 0.3 is 0 Å². The van der Waals surface area contributed by atoms with Crippen molar-refractivity contribution < 1.29 is 4.79 Å². The molecule has 0 heterocycles. The van der Waals surface area contributed by atoms with E-state index in [0.717, 1.165) is 13.1 Å². The maximum absolute atomic E-state index is 11.5. The maximum Gasteiger partial charge on any atom is 0.239 e. The second-order valence-electron chi connectivity index (χ2n) is 3.92. The van der Waals surface area contributed by atoms with Gasteiger partial charge in [0, 0.05) is 13.1 Å². The van der Waals surface area contributed by atoms with E-state index in [4.69, 9.17) is 5.73 Å². The normalized spacial score (nSPS) is 15.3. The molecule has 3 N–H and O–H groups in total. The SMILES string of the molecule is CCN(C)CCNC(=O)C(C)(N)CC. The Morgan fingerprint density at radius 2 is 2.07 bits per heavy atom. The predicted octanol–water partition coefficient (Wildman–Crippen LogP) is 0.182. The average Bonchev–Trinajstić information content (AvgIpc) is 2.17. The number of rotatable bonds is 6. The lowest BCUT2D eigenvalue weighted by molar-refractivity contribution is -0.125. The van der Waals surface area contributed by atoms with Crippen LogP contribution in [0.3, 0.4) is 0 Å². The van der Waals surface area contributed by atoms with Gasteiger partial charge in [-0.2, -0.15) is 0 Å². The molecule has 0 aliphatic heterocycles. The highest BCUT2D eigenvalue weighted by atomic mass is 16.2. The largest absolute Gasteiger partial charge is 0.353 e. The number of nitrogens with zero attached hydrogens (tertiary/aromatic N) is 1. The minimum Gasteiger partial charge on any atom is -0.353 e. The Morgan fingerprint density at radius 3 is 2.50 bits per heavy atom. The Labute approximate surface area is 86.8 Å². The first-order valence-electron chi connectivity index (χ1n) is 5.19. The van der Waals surface area contributed by atoms with Gasteiger partial charge in [-0.05, 0) is 26.9 Å². The van der Waals surface area contributed by atoms with E-state index in [9.17, 15) is 4.79 Å². The second kappa shape index (κ2) is 5.98. The van der Waals surface area contributed by atoms with Crippen LogP contribution >= 0.6 is 0 Å². The number of carbonyl (C=O) groups is 1. The van der Waals surface area contributed by atoms with E-state index in [2.05, 4.69) is 17.1 Å². The van der Waals surface area contributed by atoms with E-state index < -0.39 is 5.54 Å². The van der Waals surface area contributed by atoms with Crippen molar-refractivity contribution in [2.24, 2.45) is 5.73 Å². The third-order valence-electron chi connectivity index (χ3n) is 2.57. The number of hydrogen-bond donors (Lipinski definition) is 2. The van der Waals surface area contributed by atoms with Gasteiger partial charge in [0.05, 0.1) is 5.54 Å². The number of hydrogen-bond acceptors (Lipinski definition) is 3. The Kier molecular flexibility index (Phi) is 5.72. The highest BCUT2D eigenvalue weighted by Crippen LogP contribution is 2.03. The smallest absolute Gasteiger partial charge is 0.239 e. The summed E-state index contributed by atoms with van der Waals surface area (Å²) in [5.74, 6) is -0.0653. The van der Waals surface area contributed by atoms with Crippen LogP contribution in [0.4, 0.5) is 0 Å². The summed E-state index contributed by atoms with van der Waals surface area (Å²) in [4.78, 5) is 13.6. The van der Waals surface area contributed by atoms with Crippen molar-refractivity contribution in [3.63, 3.8) is 0 Å². The van der Waals surface area contributed by atoms with Crippen LogP contribution in [0, 0.1) is 0 Å². The minimum absolute atomic E-state index is 0.0653. The van der Waals surface area contributed by atoms with E-state index in [0.29, 0.717) is 13.0 Å². The first-order chi connectivity index (χ1) is 6.44. The van der Waals surface area contributed by atoms with Crippen molar-refractivity contribution in [2.75, 3.05) is 26.7 Å². The number of likely N-dealkylation sites (N-methyl/N-ethyl adjacent to an activating group) is 1. The molecule has 0 saturated heterocycles. The summed E-state index contributed by atoms with van der Waals surface area (Å²) in [7, 11) is 2.02. The molecule has 0 aromatic rings. The molecule has 1 atom stereocenters. The van der Waals surface area contributed by atoms with Crippen molar-refractivity contribution in [1.82, 2.24) is 10.2 Å². The number of nitrogens with two attached hydrogens (primary N) is 1. The molecule has 4 heteroatoms. The summed E-state index contributed by atoms with van der Waals surface area (Å²) in [5.41, 5.74) is 5.05. The van der Waals surface area contributed by atoms with Crippen molar-refractivity contribution in [3.8, 4) is 0 Å². The molecule has 0 saturated carbocycles. The fourth-order valence-electron chi connectivity index (χ4n) is 0.881. The van der Waals surface area contributed by atoms with Gasteiger partial charge in [0.25, 0.3) is 0 Å². The molecule has 0 radical (unpaired) electrons. The van der Waals surface area contributed by atoms with E-state index in [1.165, 1.54) is 0 Å². The highest BCUT2D eigenvalue weighted by molar-refractivity contribution is 5.85. The molecule has 4 nitrogen and oxygen atoms in total. The fourth-order valence-corrected chi connectivity index (χ4v) is 0.881. The summed E-state index contributed by atoms with van der Waals surface area (Å²) >= 11 is 0. The van der Waals surface area contributed by atoms with Gasteiger partial charge in [-0.3, -0.25) is 4.79 Å². The zero-order chi connectivity index (χ0) is 11.2. The quantitative estimate of drug-likeness (QED) is 0.644. The van der Waals surface area contributed by atoms with Gasteiger partial charge < -0.3 is 16.0 Å². The lowest BCUT2D eigenvalue weighted by atomic mass is 10.00. The Balaban J connectivity index is 3.75. The molecule has 0 aromatic carbocycles. The second-order valence-corrected chi connectivity index (χ2v) is 3.92. The summed E-state index contributed by atoms with van der Waals surface area (Å²) in [6.45, 7) is 8.27. The van der Waals surface area contributed by atoms with E-state index >= 15 is 0 Å². The van der Waals surface area contributed by atoms with Crippen LogP contribution in [-0.4, -0.2) is 43.0 Å². The molecule has 1 unspecified atom stereocenters. The van der Waals surface area contributed by atoms with Crippen molar-refractivity contribution in [1.29, 1.82) is 0 Å². The standard InChI is InChI=1S/C10H23N3O/c1-5-10(3,11)9(14)12-7-8-13(4)6-2/h5-8,11H2,1-4H3,(H,12,14). The molecule has 0 fully saturated rings. The molecule has 0 aliphatic rings. The maximum atomic E-state index is 11.5. The third kappa shape index (κ3) is 4.58. The lowest BCUT2D eigenvalue weighted by Gasteiger charge is -2.22. The van der Waals surface area contributed by atoms with Gasteiger partial charge in [0.2, 0.25) is 5.91 Å². The van der Waals surface area contributed by atoms with E-state index in [1.807, 2.05) is 14.0 Å². The van der Waals surface area contributed by atoms with Crippen molar-refractivity contribution >= 4 is 5.91 Å². The summed E-state index contributed by atoms with van der Waals surface area (Å²) in [6, 6.07) is 0. The van der Waals surface area contributed by atoms with Crippen LogP contribution in [0.5, 0.6) is 0 Å². The van der Waals surface area contributed by atoms with Crippen LogP contribution in [0.1, 0.15) is 27.2 Å². The summed E-state index contributed by atoms with van der Waals surface area (Å²) in [5, 5.41) is 2.83. The highest BCUT2D eigenvalue weighted by Gasteiger charge is 2.25. The zero-order valence-electron chi connectivity index (χ0n) is 9.76. The van der Waals surface area contributed by atoms with Crippen LogP contribution < -0.4 is 11.1 Å². The predicted molar refractivity (Wildman–Crippen MR) is 59.1 cm³/mol. The van der Waals surface area contributed by atoms with Gasteiger partial charge in [0.1, 0.15) is 0 Å². The zero-order valence-corrected chi connectivity index (χ0v) is 9.76. The Hall–Kier alpha value is -0.610. The summed E-state index contributed by atoms with van der Waals surface area (Å²) in [6.07, 6.45) is 0.655. The molecule has 1 amide bonds.